The lowest BCUT2D eigenvalue weighted by Crippen LogP contribution is -2.61. The molecule has 2 amide bonds. The summed E-state index contributed by atoms with van der Waals surface area (Å²) >= 11 is 13.0. The third kappa shape index (κ3) is 1.68. The molecule has 4 nitrogen and oxygen atoms in total. The average Bonchev–Trinajstić information content (AvgIpc) is 2.60. The van der Waals surface area contributed by atoms with Crippen molar-refractivity contribution in [2.24, 2.45) is 5.73 Å². The van der Waals surface area contributed by atoms with Gasteiger partial charge in [-0.3, -0.25) is 9.59 Å². The normalized spacial score (nSPS) is 33.5. The Kier molecular flexibility index (Phi) is 3.73. The number of halogens is 2. The van der Waals surface area contributed by atoms with Gasteiger partial charge in [0.2, 0.25) is 11.8 Å². The predicted molar refractivity (Wildman–Crippen MR) is 78.6 cm³/mol. The van der Waals surface area contributed by atoms with E-state index in [9.17, 15) is 9.59 Å². The Morgan fingerprint density at radius 1 is 1.40 bits per heavy atom. The van der Waals surface area contributed by atoms with Gasteiger partial charge in [0.1, 0.15) is 15.8 Å². The minimum absolute atomic E-state index is 0.308. The molecule has 1 heterocycles. The van der Waals surface area contributed by atoms with Crippen LogP contribution in [0, 0.1) is 0 Å². The van der Waals surface area contributed by atoms with Crippen LogP contribution in [0.1, 0.15) is 19.4 Å². The van der Waals surface area contributed by atoms with E-state index in [1.165, 1.54) is 4.90 Å². The Morgan fingerprint density at radius 2 is 1.95 bits per heavy atom. The molecular weight excluding hydrogens is 299 g/mol. The SMILES string of the molecule is CCN1C(=O)C(Cl)C(Cl)(c2ccccc2)[C@@]1(C)C(N)=O. The molecule has 0 bridgehead atoms. The number of alkyl halides is 2. The molecule has 2 N–H and O–H groups in total. The number of carbonyl (C=O) groups excluding carboxylic acids is 2. The lowest BCUT2D eigenvalue weighted by Gasteiger charge is -2.41. The maximum Gasteiger partial charge on any atom is 0.245 e. The third-order valence-electron chi connectivity index (χ3n) is 4.07. The largest absolute Gasteiger partial charge is 0.368 e. The number of nitrogens with zero attached hydrogens (tertiary/aromatic N) is 1. The fourth-order valence-corrected chi connectivity index (χ4v) is 3.73. The highest BCUT2D eigenvalue weighted by Crippen LogP contribution is 2.53. The molecule has 3 atom stereocenters. The maximum absolute atomic E-state index is 12.3. The van der Waals surface area contributed by atoms with Gasteiger partial charge < -0.3 is 10.6 Å². The molecule has 108 valence electrons. The van der Waals surface area contributed by atoms with Gasteiger partial charge in [0.15, 0.2) is 0 Å². The van der Waals surface area contributed by atoms with E-state index in [4.69, 9.17) is 28.9 Å². The van der Waals surface area contributed by atoms with E-state index >= 15 is 0 Å². The standard InChI is InChI=1S/C14H16Cl2N2O2/c1-3-18-11(19)10(15)14(16,13(18,2)12(17)20)9-7-5-4-6-8-9/h4-8,10H,3H2,1-2H3,(H2,17,20)/t10?,13-,14?/m1/s1. The summed E-state index contributed by atoms with van der Waals surface area (Å²) in [5.41, 5.74) is 4.78. The van der Waals surface area contributed by atoms with E-state index in [2.05, 4.69) is 0 Å². The molecule has 2 unspecified atom stereocenters. The van der Waals surface area contributed by atoms with E-state index in [0.717, 1.165) is 0 Å². The van der Waals surface area contributed by atoms with Crippen molar-refractivity contribution in [2.75, 3.05) is 6.54 Å². The highest BCUT2D eigenvalue weighted by Gasteiger charge is 2.68. The Bertz CT molecular complexity index is 551. The molecule has 6 heteroatoms. The van der Waals surface area contributed by atoms with Crippen LogP contribution < -0.4 is 5.73 Å². The van der Waals surface area contributed by atoms with E-state index in [0.29, 0.717) is 12.1 Å². The predicted octanol–water partition coefficient (Wildman–Crippen LogP) is 1.83. The second-order valence-electron chi connectivity index (χ2n) is 4.96. The first-order valence-electron chi connectivity index (χ1n) is 6.31. The Hall–Kier alpha value is -1.26. The summed E-state index contributed by atoms with van der Waals surface area (Å²) in [7, 11) is 0. The molecule has 1 aromatic rings. The molecule has 0 radical (unpaired) electrons. The van der Waals surface area contributed by atoms with Crippen molar-refractivity contribution >= 4 is 35.0 Å². The number of hydrogen-bond acceptors (Lipinski definition) is 2. The average molecular weight is 315 g/mol. The second kappa shape index (κ2) is 4.93. The van der Waals surface area contributed by atoms with E-state index in [1.807, 2.05) is 6.07 Å². The van der Waals surface area contributed by atoms with Crippen LogP contribution in [-0.4, -0.2) is 34.2 Å². The van der Waals surface area contributed by atoms with Crippen molar-refractivity contribution in [1.82, 2.24) is 4.90 Å². The van der Waals surface area contributed by atoms with Gasteiger partial charge in [-0.2, -0.15) is 0 Å². The Labute approximate surface area is 127 Å². The number of likely N-dealkylation sites (tertiary alicyclic amines) is 1. The molecule has 0 saturated carbocycles. The summed E-state index contributed by atoms with van der Waals surface area (Å²) in [4.78, 5) is 24.4. The minimum atomic E-state index is -1.39. The molecular formula is C14H16Cl2N2O2. The first-order valence-corrected chi connectivity index (χ1v) is 7.13. The highest BCUT2D eigenvalue weighted by atomic mass is 35.5. The number of benzene rings is 1. The maximum atomic E-state index is 12.3. The first-order chi connectivity index (χ1) is 9.31. The quantitative estimate of drug-likeness (QED) is 0.865. The first kappa shape index (κ1) is 15.1. The molecule has 0 aliphatic carbocycles. The van der Waals surface area contributed by atoms with Crippen molar-refractivity contribution < 1.29 is 9.59 Å². The number of likely N-dealkylation sites (N-methyl/N-ethyl adjacent to an activating group) is 1. The summed E-state index contributed by atoms with van der Waals surface area (Å²) in [6, 6.07) is 8.88. The van der Waals surface area contributed by atoms with E-state index in [1.54, 1.807) is 38.1 Å². The zero-order chi connectivity index (χ0) is 15.1. The van der Waals surface area contributed by atoms with Gasteiger partial charge in [-0.25, -0.2) is 0 Å². The molecule has 1 aromatic carbocycles. The van der Waals surface area contributed by atoms with Gasteiger partial charge in [0, 0.05) is 6.54 Å². The fourth-order valence-electron chi connectivity index (χ4n) is 2.86. The summed E-state index contributed by atoms with van der Waals surface area (Å²) in [6.45, 7) is 3.64. The fraction of sp³-hybridized carbons (Fsp3) is 0.429. The van der Waals surface area contributed by atoms with Crippen LogP contribution in [-0.2, 0) is 14.5 Å². The van der Waals surface area contributed by atoms with Gasteiger partial charge >= 0.3 is 0 Å². The van der Waals surface area contributed by atoms with Crippen LogP contribution >= 0.6 is 23.2 Å². The Morgan fingerprint density at radius 3 is 2.40 bits per heavy atom. The van der Waals surface area contributed by atoms with Crippen molar-refractivity contribution in [1.29, 1.82) is 0 Å². The second-order valence-corrected chi connectivity index (χ2v) is 5.99. The molecule has 2 rings (SSSR count). The number of rotatable bonds is 3. The Balaban J connectivity index is 2.71. The summed E-state index contributed by atoms with van der Waals surface area (Å²) in [5, 5.41) is -1.05. The molecule has 1 aliphatic heterocycles. The molecule has 0 aromatic heterocycles. The van der Waals surface area contributed by atoms with Crippen LogP contribution in [0.25, 0.3) is 0 Å². The monoisotopic (exact) mass is 314 g/mol. The highest BCUT2D eigenvalue weighted by molar-refractivity contribution is 6.42. The molecule has 1 aliphatic rings. The van der Waals surface area contributed by atoms with Gasteiger partial charge in [-0.05, 0) is 19.4 Å². The molecule has 1 saturated heterocycles. The van der Waals surface area contributed by atoms with Crippen LogP contribution in [0.15, 0.2) is 30.3 Å². The van der Waals surface area contributed by atoms with Crippen LogP contribution in [0.5, 0.6) is 0 Å². The number of amides is 2. The number of nitrogens with two attached hydrogens (primary N) is 1. The number of carbonyl (C=O) groups is 2. The summed E-state index contributed by atoms with van der Waals surface area (Å²) in [6.07, 6.45) is 0. The van der Waals surface area contributed by atoms with Crippen LogP contribution in [0.4, 0.5) is 0 Å². The van der Waals surface area contributed by atoms with Crippen LogP contribution in [0.2, 0.25) is 0 Å². The topological polar surface area (TPSA) is 63.4 Å². The van der Waals surface area contributed by atoms with Crippen molar-refractivity contribution in [2.45, 2.75) is 29.6 Å². The zero-order valence-electron chi connectivity index (χ0n) is 11.3. The van der Waals surface area contributed by atoms with Crippen molar-refractivity contribution in [3.8, 4) is 0 Å². The molecule has 1 fully saturated rings. The smallest absolute Gasteiger partial charge is 0.245 e. The van der Waals surface area contributed by atoms with Gasteiger partial charge in [0.25, 0.3) is 0 Å². The third-order valence-corrected chi connectivity index (χ3v) is 5.50. The zero-order valence-corrected chi connectivity index (χ0v) is 12.8. The van der Waals surface area contributed by atoms with Crippen LogP contribution in [0.3, 0.4) is 0 Å². The van der Waals surface area contributed by atoms with Crippen molar-refractivity contribution in [3.05, 3.63) is 35.9 Å². The van der Waals surface area contributed by atoms with E-state index in [-0.39, 0.29) is 5.91 Å². The molecule has 20 heavy (non-hydrogen) atoms. The molecule has 0 spiro atoms. The van der Waals surface area contributed by atoms with Gasteiger partial charge in [-0.15, -0.1) is 23.2 Å². The summed E-state index contributed by atoms with van der Waals surface area (Å²) < 4.78 is 0. The lowest BCUT2D eigenvalue weighted by molar-refractivity contribution is -0.139. The van der Waals surface area contributed by atoms with Gasteiger partial charge in [0.05, 0.1) is 0 Å². The number of primary amides is 1. The summed E-state index contributed by atoms with van der Waals surface area (Å²) in [5.74, 6) is -1.05. The van der Waals surface area contributed by atoms with Crippen molar-refractivity contribution in [3.63, 3.8) is 0 Å². The minimum Gasteiger partial charge on any atom is -0.368 e. The van der Waals surface area contributed by atoms with Gasteiger partial charge in [-0.1, -0.05) is 30.3 Å². The number of hydrogen-bond donors (Lipinski definition) is 1. The lowest BCUT2D eigenvalue weighted by atomic mass is 9.79. The van der Waals surface area contributed by atoms with E-state index < -0.39 is 21.7 Å².